The number of nitrogens with two attached hydrogens (primary N) is 1. The highest BCUT2D eigenvalue weighted by molar-refractivity contribution is 7.80. The van der Waals surface area contributed by atoms with Gasteiger partial charge in [0.25, 0.3) is 0 Å². The average molecular weight is 265 g/mol. The van der Waals surface area contributed by atoms with Gasteiger partial charge in [-0.25, -0.2) is 4.98 Å². The molecule has 1 fully saturated rings. The van der Waals surface area contributed by atoms with E-state index in [9.17, 15) is 4.79 Å². The number of carbonyl (C=O) groups is 1. The molecule has 1 unspecified atom stereocenters. The number of pyridine rings is 1. The van der Waals surface area contributed by atoms with Crippen molar-refractivity contribution in [3.8, 4) is 0 Å². The normalized spacial score (nSPS) is 18.7. The predicted molar refractivity (Wildman–Crippen MR) is 72.5 cm³/mol. The van der Waals surface area contributed by atoms with E-state index in [-0.39, 0.29) is 16.9 Å². The maximum atomic E-state index is 11.5. The van der Waals surface area contributed by atoms with E-state index in [0.29, 0.717) is 12.2 Å². The molecule has 1 saturated heterocycles. The van der Waals surface area contributed by atoms with E-state index >= 15 is 0 Å². The maximum absolute atomic E-state index is 11.5. The lowest BCUT2D eigenvalue weighted by Crippen LogP contribution is -2.25. The Hall–Kier alpha value is -1.69. The number of carbonyl (C=O) groups excluding carboxylic acids is 1. The number of hydrogen-bond donors (Lipinski definition) is 1. The summed E-state index contributed by atoms with van der Waals surface area (Å²) in [5.41, 5.74) is 6.16. The number of hydrogen-bond acceptors (Lipinski definition) is 5. The molecule has 0 aromatic carbocycles. The molecule has 0 saturated carbocycles. The lowest BCUT2D eigenvalue weighted by atomic mass is 10.1. The molecule has 2 rings (SSSR count). The molecule has 2 N–H and O–H groups in total. The summed E-state index contributed by atoms with van der Waals surface area (Å²) in [6.45, 7) is 1.41. The van der Waals surface area contributed by atoms with Gasteiger partial charge in [-0.2, -0.15) is 0 Å². The molecule has 0 bridgehead atoms. The van der Waals surface area contributed by atoms with Gasteiger partial charge in [0, 0.05) is 13.1 Å². The van der Waals surface area contributed by atoms with Gasteiger partial charge in [-0.05, 0) is 18.6 Å². The number of rotatable bonds is 3. The van der Waals surface area contributed by atoms with E-state index in [1.165, 1.54) is 7.11 Å². The molecule has 96 valence electrons. The standard InChI is InChI=1S/C12H15N3O2S/c1-17-12(16)8-5-6-15(7-8)10-4-2-3-9(14-10)11(13)18/h2-4,8H,5-7H2,1H3,(H2,13,18). The van der Waals surface area contributed by atoms with E-state index < -0.39 is 0 Å². The van der Waals surface area contributed by atoms with Crippen LogP contribution in [0.4, 0.5) is 5.82 Å². The first-order valence-electron chi connectivity index (χ1n) is 5.71. The summed E-state index contributed by atoms with van der Waals surface area (Å²) in [5.74, 6) is 0.556. The Balaban J connectivity index is 2.12. The summed E-state index contributed by atoms with van der Waals surface area (Å²) >= 11 is 4.90. The highest BCUT2D eigenvalue weighted by atomic mass is 32.1. The van der Waals surface area contributed by atoms with Gasteiger partial charge in [0.1, 0.15) is 10.8 Å². The minimum Gasteiger partial charge on any atom is -0.469 e. The lowest BCUT2D eigenvalue weighted by molar-refractivity contribution is -0.144. The van der Waals surface area contributed by atoms with Crippen molar-refractivity contribution in [1.82, 2.24) is 4.98 Å². The minimum atomic E-state index is -0.164. The van der Waals surface area contributed by atoms with Gasteiger partial charge in [-0.3, -0.25) is 4.79 Å². The van der Waals surface area contributed by atoms with Gasteiger partial charge in [-0.1, -0.05) is 18.3 Å². The zero-order valence-corrected chi connectivity index (χ0v) is 10.9. The zero-order valence-electron chi connectivity index (χ0n) is 10.1. The molecule has 1 aromatic rings. The molecule has 0 amide bonds. The summed E-state index contributed by atoms with van der Waals surface area (Å²) in [5, 5.41) is 0. The first-order chi connectivity index (χ1) is 8.61. The highest BCUT2D eigenvalue weighted by Gasteiger charge is 2.29. The third-order valence-corrected chi connectivity index (χ3v) is 3.24. The summed E-state index contributed by atoms with van der Waals surface area (Å²) in [6, 6.07) is 5.53. The van der Waals surface area contributed by atoms with Crippen LogP contribution in [0.25, 0.3) is 0 Å². The van der Waals surface area contributed by atoms with Crippen molar-refractivity contribution in [2.45, 2.75) is 6.42 Å². The molecule has 1 aromatic heterocycles. The molecule has 6 heteroatoms. The van der Waals surface area contributed by atoms with Crippen molar-refractivity contribution in [2.75, 3.05) is 25.1 Å². The lowest BCUT2D eigenvalue weighted by Gasteiger charge is -2.17. The van der Waals surface area contributed by atoms with Crippen LogP contribution in [0.2, 0.25) is 0 Å². The van der Waals surface area contributed by atoms with Crippen LogP contribution in [0.1, 0.15) is 12.1 Å². The average Bonchev–Trinajstić information content (AvgIpc) is 2.87. The van der Waals surface area contributed by atoms with Crippen LogP contribution >= 0.6 is 12.2 Å². The molecule has 0 aliphatic carbocycles. The van der Waals surface area contributed by atoms with E-state index in [0.717, 1.165) is 18.8 Å². The fourth-order valence-electron chi connectivity index (χ4n) is 2.06. The number of thiocarbonyl (C=S) groups is 1. The fourth-order valence-corrected chi connectivity index (χ4v) is 2.18. The number of esters is 1. The quantitative estimate of drug-likeness (QED) is 0.641. The Bertz CT molecular complexity index is 478. The molecule has 0 spiro atoms. The van der Waals surface area contributed by atoms with Gasteiger partial charge in [0.2, 0.25) is 0 Å². The van der Waals surface area contributed by atoms with E-state index in [1.807, 2.05) is 17.0 Å². The number of ether oxygens (including phenoxy) is 1. The number of nitrogens with zero attached hydrogens (tertiary/aromatic N) is 2. The predicted octanol–water partition coefficient (Wildman–Crippen LogP) is 0.715. The van der Waals surface area contributed by atoms with Crippen LogP contribution in [0.15, 0.2) is 18.2 Å². The molecule has 1 atom stereocenters. The van der Waals surface area contributed by atoms with Crippen LogP contribution in [0, 0.1) is 5.92 Å². The van der Waals surface area contributed by atoms with E-state index in [2.05, 4.69) is 4.98 Å². The molecule has 1 aliphatic rings. The third kappa shape index (κ3) is 2.59. The molecular formula is C12H15N3O2S. The monoisotopic (exact) mass is 265 g/mol. The van der Waals surface area contributed by atoms with Crippen LogP contribution in [-0.4, -0.2) is 36.1 Å². The Morgan fingerprint density at radius 2 is 2.39 bits per heavy atom. The van der Waals surface area contributed by atoms with Crippen LogP contribution < -0.4 is 10.6 Å². The molecule has 18 heavy (non-hydrogen) atoms. The van der Waals surface area contributed by atoms with Crippen molar-refractivity contribution >= 4 is 29.0 Å². The molecular weight excluding hydrogens is 250 g/mol. The van der Waals surface area contributed by atoms with Crippen molar-refractivity contribution in [3.63, 3.8) is 0 Å². The van der Waals surface area contributed by atoms with Gasteiger partial charge < -0.3 is 15.4 Å². The second-order valence-corrected chi connectivity index (χ2v) is 4.64. The number of methoxy groups -OCH3 is 1. The second-order valence-electron chi connectivity index (χ2n) is 4.20. The maximum Gasteiger partial charge on any atom is 0.310 e. The first-order valence-corrected chi connectivity index (χ1v) is 6.12. The molecule has 1 aliphatic heterocycles. The van der Waals surface area contributed by atoms with Gasteiger partial charge in [-0.15, -0.1) is 0 Å². The highest BCUT2D eigenvalue weighted by Crippen LogP contribution is 2.23. The Kier molecular flexibility index (Phi) is 3.76. The van der Waals surface area contributed by atoms with E-state index in [4.69, 9.17) is 22.7 Å². The summed E-state index contributed by atoms with van der Waals surface area (Å²) in [7, 11) is 1.41. The molecule has 5 nitrogen and oxygen atoms in total. The Morgan fingerprint density at radius 1 is 1.61 bits per heavy atom. The number of anilines is 1. The minimum absolute atomic E-state index is 0.0784. The molecule has 2 heterocycles. The molecule has 0 radical (unpaired) electrons. The number of aromatic nitrogens is 1. The summed E-state index contributed by atoms with van der Waals surface area (Å²) in [6.07, 6.45) is 0.783. The van der Waals surface area contributed by atoms with Crippen LogP contribution in [0.3, 0.4) is 0 Å². The van der Waals surface area contributed by atoms with Gasteiger partial charge >= 0.3 is 5.97 Å². The fraction of sp³-hybridized carbons (Fsp3) is 0.417. The summed E-state index contributed by atoms with van der Waals surface area (Å²) in [4.78, 5) is 18.2. The van der Waals surface area contributed by atoms with Crippen molar-refractivity contribution in [1.29, 1.82) is 0 Å². The smallest absolute Gasteiger partial charge is 0.310 e. The topological polar surface area (TPSA) is 68.5 Å². The van der Waals surface area contributed by atoms with Gasteiger partial charge in [0.15, 0.2) is 0 Å². The zero-order chi connectivity index (χ0) is 13.1. The van der Waals surface area contributed by atoms with Gasteiger partial charge in [0.05, 0.1) is 18.7 Å². The first kappa shape index (κ1) is 12.8. The SMILES string of the molecule is COC(=O)C1CCN(c2cccc(C(N)=S)n2)C1. The van der Waals surface area contributed by atoms with Crippen molar-refractivity contribution < 1.29 is 9.53 Å². The second kappa shape index (κ2) is 5.30. The Morgan fingerprint density at radius 3 is 3.06 bits per heavy atom. The van der Waals surface area contributed by atoms with Crippen molar-refractivity contribution in [2.24, 2.45) is 11.7 Å². The van der Waals surface area contributed by atoms with Crippen LogP contribution in [-0.2, 0) is 9.53 Å². The van der Waals surface area contributed by atoms with Crippen LogP contribution in [0.5, 0.6) is 0 Å². The third-order valence-electron chi connectivity index (χ3n) is 3.03. The van der Waals surface area contributed by atoms with E-state index in [1.54, 1.807) is 6.07 Å². The van der Waals surface area contributed by atoms with Crippen molar-refractivity contribution in [3.05, 3.63) is 23.9 Å². The largest absolute Gasteiger partial charge is 0.469 e. The Labute approximate surface area is 111 Å². The summed E-state index contributed by atoms with van der Waals surface area (Å²) < 4.78 is 4.75.